The fourth-order valence-corrected chi connectivity index (χ4v) is 4.73. The van der Waals surface area contributed by atoms with Crippen LogP contribution < -0.4 is 0 Å². The van der Waals surface area contributed by atoms with Crippen molar-refractivity contribution in [2.45, 2.75) is 31.1 Å². The molecule has 0 bridgehead atoms. The molecule has 1 aliphatic carbocycles. The molecule has 2 aliphatic rings. The molecule has 0 radical (unpaired) electrons. The largest absolute Gasteiger partial charge is 0.339 e. The summed E-state index contributed by atoms with van der Waals surface area (Å²) >= 11 is 0. The Morgan fingerprint density at radius 2 is 1.58 bits per heavy atom. The average molecular weight is 354 g/mol. The Morgan fingerprint density at radius 1 is 1.04 bits per heavy atom. The van der Waals surface area contributed by atoms with Crippen LogP contribution in [0.2, 0.25) is 0 Å². The Morgan fingerprint density at radius 3 is 2.08 bits per heavy atom. The Labute approximate surface area is 142 Å². The van der Waals surface area contributed by atoms with E-state index in [1.165, 1.54) is 22.7 Å². The summed E-state index contributed by atoms with van der Waals surface area (Å²) in [6.07, 6.45) is 4.69. The number of hydrogen-bond donors (Lipinski definition) is 0. The number of carbonyl (C=O) groups is 1. The molecule has 2 fully saturated rings. The lowest BCUT2D eigenvalue weighted by molar-refractivity contribution is -0.138. The van der Waals surface area contributed by atoms with Gasteiger partial charge in [0, 0.05) is 26.2 Å². The third-order valence-corrected chi connectivity index (χ3v) is 6.56. The molecule has 0 unspecified atom stereocenters. The molecule has 0 N–H and O–H groups in total. The molecule has 0 spiro atoms. The summed E-state index contributed by atoms with van der Waals surface area (Å²) in [5.41, 5.74) is 0.290. The lowest BCUT2D eigenvalue weighted by Gasteiger charge is -2.39. The van der Waals surface area contributed by atoms with E-state index in [9.17, 15) is 17.6 Å². The average Bonchev–Trinajstić information content (AvgIpc) is 3.05. The molecular weight excluding hydrogens is 331 g/mol. The summed E-state index contributed by atoms with van der Waals surface area (Å²) in [7, 11) is -3.21. The summed E-state index contributed by atoms with van der Waals surface area (Å²) in [6.45, 7) is 1.50. The maximum atomic E-state index is 13.3. The molecule has 1 aliphatic heterocycles. The van der Waals surface area contributed by atoms with Gasteiger partial charge in [0.1, 0.15) is 5.82 Å². The maximum Gasteiger partial charge on any atom is 0.233 e. The summed E-state index contributed by atoms with van der Waals surface area (Å²) in [6, 6.07) is 6.24. The number of amides is 1. The van der Waals surface area contributed by atoms with Gasteiger partial charge < -0.3 is 4.90 Å². The van der Waals surface area contributed by atoms with E-state index in [4.69, 9.17) is 0 Å². The van der Waals surface area contributed by atoms with Crippen LogP contribution in [0.15, 0.2) is 24.3 Å². The second-order valence-electron chi connectivity index (χ2n) is 6.75. The Hall–Kier alpha value is -1.47. The third kappa shape index (κ3) is 3.19. The predicted octanol–water partition coefficient (Wildman–Crippen LogP) is 1.74. The number of nitrogens with zero attached hydrogens (tertiary/aromatic N) is 2. The van der Waals surface area contributed by atoms with Gasteiger partial charge in [-0.1, -0.05) is 25.0 Å². The molecule has 1 aromatic rings. The zero-order chi connectivity index (χ0) is 17.4. The molecule has 1 saturated carbocycles. The van der Waals surface area contributed by atoms with Crippen molar-refractivity contribution in [3.05, 3.63) is 35.6 Å². The first-order valence-electron chi connectivity index (χ1n) is 8.33. The SMILES string of the molecule is CS(=O)(=O)N1CCN(C(=O)C2(c3ccc(F)cc3)CCCC2)CC1. The van der Waals surface area contributed by atoms with E-state index in [1.807, 2.05) is 0 Å². The third-order valence-electron chi connectivity index (χ3n) is 5.26. The van der Waals surface area contributed by atoms with Crippen molar-refractivity contribution < 1.29 is 17.6 Å². The second-order valence-corrected chi connectivity index (χ2v) is 8.73. The first-order valence-corrected chi connectivity index (χ1v) is 10.2. The van der Waals surface area contributed by atoms with Crippen LogP contribution in [0.25, 0.3) is 0 Å². The van der Waals surface area contributed by atoms with Crippen molar-refractivity contribution in [3.8, 4) is 0 Å². The van der Waals surface area contributed by atoms with Crippen LogP contribution in [0, 0.1) is 5.82 Å². The number of benzene rings is 1. The zero-order valence-corrected chi connectivity index (χ0v) is 14.7. The van der Waals surface area contributed by atoms with Crippen molar-refractivity contribution in [2.75, 3.05) is 32.4 Å². The molecular formula is C17H23FN2O3S. The molecule has 1 heterocycles. The fourth-order valence-electron chi connectivity index (χ4n) is 3.90. The quantitative estimate of drug-likeness (QED) is 0.831. The van der Waals surface area contributed by atoms with Gasteiger partial charge in [-0.05, 0) is 30.5 Å². The maximum absolute atomic E-state index is 13.3. The molecule has 1 amide bonds. The topological polar surface area (TPSA) is 57.7 Å². The monoisotopic (exact) mass is 354 g/mol. The smallest absolute Gasteiger partial charge is 0.233 e. The Bertz CT molecular complexity index is 704. The van der Waals surface area contributed by atoms with E-state index < -0.39 is 15.4 Å². The molecule has 0 atom stereocenters. The molecule has 24 heavy (non-hydrogen) atoms. The molecule has 1 aromatic carbocycles. The van der Waals surface area contributed by atoms with E-state index >= 15 is 0 Å². The van der Waals surface area contributed by atoms with Gasteiger partial charge in [-0.25, -0.2) is 12.8 Å². The standard InChI is InChI=1S/C17H23FN2O3S/c1-24(22,23)20-12-10-19(11-13-20)16(21)17(8-2-3-9-17)14-4-6-15(18)7-5-14/h4-7H,2-3,8-13H2,1H3. The van der Waals surface area contributed by atoms with Gasteiger partial charge in [0.05, 0.1) is 11.7 Å². The molecule has 132 valence electrons. The summed E-state index contributed by atoms with van der Waals surface area (Å²) in [5.74, 6) is -0.249. The number of piperazine rings is 1. The number of hydrogen-bond acceptors (Lipinski definition) is 3. The van der Waals surface area contributed by atoms with Crippen molar-refractivity contribution >= 4 is 15.9 Å². The Balaban J connectivity index is 1.80. The van der Waals surface area contributed by atoms with Gasteiger partial charge >= 0.3 is 0 Å². The minimum absolute atomic E-state index is 0.0553. The molecule has 3 rings (SSSR count). The Kier molecular flexibility index (Phi) is 4.66. The van der Waals surface area contributed by atoms with Gasteiger partial charge in [-0.15, -0.1) is 0 Å². The lowest BCUT2D eigenvalue weighted by Crippen LogP contribution is -2.54. The molecule has 7 heteroatoms. The first-order chi connectivity index (χ1) is 11.3. The first kappa shape index (κ1) is 17.4. The van der Waals surface area contributed by atoms with E-state index in [0.717, 1.165) is 31.2 Å². The normalized spacial score (nSPS) is 21.8. The van der Waals surface area contributed by atoms with Crippen LogP contribution in [0.5, 0.6) is 0 Å². The van der Waals surface area contributed by atoms with Gasteiger partial charge in [0.15, 0.2) is 0 Å². The number of sulfonamides is 1. The van der Waals surface area contributed by atoms with Crippen LogP contribution in [-0.4, -0.2) is 56.0 Å². The van der Waals surface area contributed by atoms with Gasteiger partial charge in [0.2, 0.25) is 15.9 Å². The second kappa shape index (κ2) is 6.44. The van der Waals surface area contributed by atoms with E-state index in [-0.39, 0.29) is 11.7 Å². The van der Waals surface area contributed by atoms with Crippen LogP contribution in [0.1, 0.15) is 31.2 Å². The van der Waals surface area contributed by atoms with Gasteiger partial charge in [-0.2, -0.15) is 4.31 Å². The lowest BCUT2D eigenvalue weighted by atomic mass is 9.77. The van der Waals surface area contributed by atoms with Crippen molar-refractivity contribution in [1.29, 1.82) is 0 Å². The van der Waals surface area contributed by atoms with Gasteiger partial charge in [-0.3, -0.25) is 4.79 Å². The minimum atomic E-state index is -3.21. The zero-order valence-electron chi connectivity index (χ0n) is 13.9. The van der Waals surface area contributed by atoms with Gasteiger partial charge in [0.25, 0.3) is 0 Å². The van der Waals surface area contributed by atoms with E-state index in [2.05, 4.69) is 0 Å². The summed E-state index contributed by atoms with van der Waals surface area (Å²) in [4.78, 5) is 15.0. The highest BCUT2D eigenvalue weighted by Crippen LogP contribution is 2.42. The van der Waals surface area contributed by atoms with Crippen LogP contribution >= 0.6 is 0 Å². The van der Waals surface area contributed by atoms with E-state index in [0.29, 0.717) is 26.2 Å². The predicted molar refractivity (Wildman–Crippen MR) is 89.5 cm³/mol. The number of rotatable bonds is 3. The highest BCUT2D eigenvalue weighted by molar-refractivity contribution is 7.88. The molecule has 1 saturated heterocycles. The van der Waals surface area contributed by atoms with Crippen molar-refractivity contribution in [1.82, 2.24) is 9.21 Å². The van der Waals surface area contributed by atoms with Crippen LogP contribution in [0.4, 0.5) is 4.39 Å². The number of carbonyl (C=O) groups excluding carboxylic acids is 1. The molecule has 0 aromatic heterocycles. The number of halogens is 1. The van der Waals surface area contributed by atoms with Crippen LogP contribution in [-0.2, 0) is 20.2 Å². The highest BCUT2D eigenvalue weighted by Gasteiger charge is 2.45. The highest BCUT2D eigenvalue weighted by atomic mass is 32.2. The van der Waals surface area contributed by atoms with Crippen molar-refractivity contribution in [2.24, 2.45) is 0 Å². The summed E-state index contributed by atoms with van der Waals surface area (Å²) in [5, 5.41) is 0. The van der Waals surface area contributed by atoms with Crippen molar-refractivity contribution in [3.63, 3.8) is 0 Å². The molecule has 5 nitrogen and oxygen atoms in total. The van der Waals surface area contributed by atoms with E-state index in [1.54, 1.807) is 17.0 Å². The summed E-state index contributed by atoms with van der Waals surface area (Å²) < 4.78 is 37.9. The van der Waals surface area contributed by atoms with Crippen LogP contribution in [0.3, 0.4) is 0 Å². The minimum Gasteiger partial charge on any atom is -0.339 e. The fraction of sp³-hybridized carbons (Fsp3) is 0.588.